The summed E-state index contributed by atoms with van der Waals surface area (Å²) in [4.78, 5) is 12.7. The molecule has 4 N–H and O–H groups in total. The SMILES string of the molecule is CCN1/C(=C/C=C/C=C/C=C/C2=[N+](CCCCCC(=O)O)c3ccc(S(=O)(=O)O)cc3C2(C)CCCS(=O)(=O)O)C(C)(CCOCCOC)c2cc(S(=O)(=O)O)ccc21. The highest BCUT2D eigenvalue weighted by molar-refractivity contribution is 7.86. The number of carboxylic acid groups (broad SMARTS) is 1. The van der Waals surface area contributed by atoms with Gasteiger partial charge in [-0.05, 0) is 94.8 Å². The molecule has 0 aliphatic carbocycles. The van der Waals surface area contributed by atoms with Crippen LogP contribution in [0.15, 0.2) is 94.4 Å². The number of aliphatic carboxylic acids is 1. The lowest BCUT2D eigenvalue weighted by molar-refractivity contribution is -0.438. The molecule has 2 aliphatic heterocycles. The third-order valence-corrected chi connectivity index (χ3v) is 13.3. The van der Waals surface area contributed by atoms with Gasteiger partial charge in [-0.25, -0.2) is 0 Å². The van der Waals surface area contributed by atoms with Gasteiger partial charge in [0.25, 0.3) is 30.4 Å². The average molecular weight is 880 g/mol. The number of rotatable bonds is 23. The van der Waals surface area contributed by atoms with E-state index in [0.29, 0.717) is 69.8 Å². The number of hydrogen-bond donors (Lipinski definition) is 4. The van der Waals surface area contributed by atoms with Crippen molar-refractivity contribution >= 4 is 53.4 Å². The molecule has 0 spiro atoms. The van der Waals surface area contributed by atoms with E-state index in [2.05, 4.69) is 4.90 Å². The highest BCUT2D eigenvalue weighted by Gasteiger charge is 2.48. The number of carboxylic acids is 1. The average Bonchev–Trinajstić information content (AvgIpc) is 3.52. The molecule has 0 saturated heterocycles. The zero-order valence-corrected chi connectivity index (χ0v) is 36.2. The first-order chi connectivity index (χ1) is 27.7. The predicted octanol–water partition coefficient (Wildman–Crippen LogP) is 6.25. The van der Waals surface area contributed by atoms with Gasteiger partial charge < -0.3 is 19.5 Å². The first-order valence-corrected chi connectivity index (χ1v) is 23.8. The van der Waals surface area contributed by atoms with Gasteiger partial charge >= 0.3 is 5.97 Å². The lowest BCUT2D eigenvalue weighted by Gasteiger charge is -2.30. The minimum absolute atomic E-state index is 0.0219. The molecule has 2 aromatic carbocycles. The fourth-order valence-corrected chi connectivity index (χ4v) is 9.35. The normalized spacial score (nSPS) is 20.5. The van der Waals surface area contributed by atoms with E-state index in [9.17, 15) is 43.7 Å². The van der Waals surface area contributed by atoms with Crippen LogP contribution in [0.3, 0.4) is 0 Å². The van der Waals surface area contributed by atoms with Crippen LogP contribution in [0.5, 0.6) is 0 Å². The third kappa shape index (κ3) is 12.1. The molecule has 0 aromatic heterocycles. The highest BCUT2D eigenvalue weighted by Crippen LogP contribution is 2.50. The number of ether oxygens (including phenoxy) is 2. The molecule has 0 bridgehead atoms. The summed E-state index contributed by atoms with van der Waals surface area (Å²) in [7, 11) is -11.7. The van der Waals surface area contributed by atoms with Crippen molar-refractivity contribution in [2.45, 2.75) is 86.3 Å². The maximum absolute atomic E-state index is 12.2. The maximum atomic E-state index is 12.2. The number of hydrogen-bond acceptors (Lipinski definition) is 10. The van der Waals surface area contributed by atoms with E-state index < -0.39 is 52.9 Å². The number of carbonyl (C=O) groups is 1. The molecule has 2 aromatic rings. The van der Waals surface area contributed by atoms with Gasteiger partial charge in [-0.2, -0.15) is 29.8 Å². The van der Waals surface area contributed by atoms with Crippen LogP contribution in [0.4, 0.5) is 11.4 Å². The van der Waals surface area contributed by atoms with Crippen molar-refractivity contribution in [3.05, 3.63) is 95.8 Å². The Bertz CT molecular complexity index is 2350. The second-order valence-electron chi connectivity index (χ2n) is 14.9. The molecule has 0 amide bonds. The summed E-state index contributed by atoms with van der Waals surface area (Å²) in [6.07, 6.45) is 15.4. The van der Waals surface area contributed by atoms with E-state index in [4.69, 9.17) is 14.6 Å². The fraction of sp³-hybridized carbons (Fsp3) is 0.463. The van der Waals surface area contributed by atoms with Gasteiger partial charge in [-0.3, -0.25) is 18.5 Å². The Morgan fingerprint density at radius 1 is 0.780 bits per heavy atom. The summed E-state index contributed by atoms with van der Waals surface area (Å²) in [5.74, 6) is -1.40. The molecule has 0 saturated carbocycles. The fourth-order valence-electron chi connectivity index (χ4n) is 7.83. The Kier molecular flexibility index (Phi) is 16.2. The molecule has 4 rings (SSSR count). The minimum atomic E-state index is -4.57. The first-order valence-electron chi connectivity index (χ1n) is 19.3. The standard InChI is InChI=1S/C41H54N2O13S3/c1-5-42-35-20-18-31(58(49,50)51)29-33(35)41(3,23-25-56-27-26-55-4)37(42)15-10-7-6-8-11-16-38-40(2,22-14-28-57(46,47)48)34-30-32(59(52,53)54)19-21-36(34)43(38)24-13-9-12-17-39(44)45/h6-8,10-11,15-16,18-21,29-30H,5,9,12-14,17,22-28H2,1-4H3,(H3-,44,45,46,47,48,49,50,51,52,53,54)/p+1. The van der Waals surface area contributed by atoms with E-state index >= 15 is 0 Å². The molecule has 15 nitrogen and oxygen atoms in total. The van der Waals surface area contributed by atoms with Crippen molar-refractivity contribution < 1.29 is 62.9 Å². The van der Waals surface area contributed by atoms with Gasteiger partial charge in [0.2, 0.25) is 5.69 Å². The zero-order valence-electron chi connectivity index (χ0n) is 33.8. The number of allylic oxidation sites excluding steroid dienone is 8. The second-order valence-corrected chi connectivity index (χ2v) is 19.3. The Labute approximate surface area is 347 Å². The van der Waals surface area contributed by atoms with Crippen LogP contribution in [0, 0.1) is 0 Å². The monoisotopic (exact) mass is 879 g/mol. The van der Waals surface area contributed by atoms with Gasteiger partial charge in [-0.15, -0.1) is 0 Å². The lowest BCUT2D eigenvalue weighted by atomic mass is 9.76. The van der Waals surface area contributed by atoms with Crippen molar-refractivity contribution in [3.63, 3.8) is 0 Å². The summed E-state index contributed by atoms with van der Waals surface area (Å²) in [5.41, 5.74) is 2.79. The molecule has 2 atom stereocenters. The first kappa shape index (κ1) is 47.7. The van der Waals surface area contributed by atoms with Crippen LogP contribution in [0.25, 0.3) is 0 Å². The van der Waals surface area contributed by atoms with Gasteiger partial charge in [-0.1, -0.05) is 30.4 Å². The summed E-state index contributed by atoms with van der Waals surface area (Å²) in [5, 5.41) is 9.09. The van der Waals surface area contributed by atoms with Crippen molar-refractivity contribution in [2.24, 2.45) is 0 Å². The molecule has 2 unspecified atom stereocenters. The lowest BCUT2D eigenvalue weighted by Crippen LogP contribution is -2.32. The van der Waals surface area contributed by atoms with Crippen molar-refractivity contribution in [2.75, 3.05) is 50.7 Å². The molecular weight excluding hydrogens is 825 g/mol. The van der Waals surface area contributed by atoms with Gasteiger partial charge in [0.1, 0.15) is 6.54 Å². The maximum Gasteiger partial charge on any atom is 0.303 e. The topological polar surface area (TPSA) is 225 Å². The number of methoxy groups -OCH3 is 1. The highest BCUT2D eigenvalue weighted by atomic mass is 32.2. The number of nitrogens with zero attached hydrogens (tertiary/aromatic N) is 2. The van der Waals surface area contributed by atoms with E-state index in [1.807, 2.05) is 49.7 Å². The molecule has 18 heteroatoms. The quantitative estimate of drug-likeness (QED) is 0.0419. The van der Waals surface area contributed by atoms with Crippen LogP contribution < -0.4 is 4.90 Å². The van der Waals surface area contributed by atoms with Gasteiger partial charge in [0.15, 0.2) is 5.71 Å². The number of benzene rings is 2. The Morgan fingerprint density at radius 3 is 2.05 bits per heavy atom. The summed E-state index contributed by atoms with van der Waals surface area (Å²) in [6.45, 7) is 8.06. The van der Waals surface area contributed by atoms with Crippen LogP contribution in [0.1, 0.15) is 76.8 Å². The van der Waals surface area contributed by atoms with E-state index in [1.165, 1.54) is 24.3 Å². The summed E-state index contributed by atoms with van der Waals surface area (Å²) >= 11 is 0. The molecular formula is C41H55N2O13S3+. The largest absolute Gasteiger partial charge is 0.481 e. The number of anilines is 1. The van der Waals surface area contributed by atoms with Crippen molar-refractivity contribution in [1.29, 1.82) is 0 Å². The smallest absolute Gasteiger partial charge is 0.303 e. The van der Waals surface area contributed by atoms with Crippen LogP contribution >= 0.6 is 0 Å². The minimum Gasteiger partial charge on any atom is -0.481 e. The van der Waals surface area contributed by atoms with Crippen molar-refractivity contribution in [1.82, 2.24) is 0 Å². The molecule has 2 heterocycles. The predicted molar refractivity (Wildman–Crippen MR) is 225 cm³/mol. The number of unbranched alkanes of at least 4 members (excludes halogenated alkanes) is 2. The number of fused-ring (bicyclic) bond motifs is 2. The molecule has 0 radical (unpaired) electrons. The molecule has 0 fully saturated rings. The molecule has 324 valence electrons. The third-order valence-electron chi connectivity index (χ3n) is 10.8. The van der Waals surface area contributed by atoms with Crippen LogP contribution in [-0.4, -0.2) is 106 Å². The number of likely N-dealkylation sites (N-methyl/N-ethyl adjacent to an activating group) is 1. The molecule has 59 heavy (non-hydrogen) atoms. The van der Waals surface area contributed by atoms with Gasteiger partial charge in [0, 0.05) is 67.6 Å². The summed E-state index contributed by atoms with van der Waals surface area (Å²) < 4.78 is 114. The van der Waals surface area contributed by atoms with E-state index in [0.717, 1.165) is 22.7 Å². The Hall–Kier alpha value is -4.01. The van der Waals surface area contributed by atoms with Gasteiger partial charge in [0.05, 0.1) is 34.2 Å². The van der Waals surface area contributed by atoms with E-state index in [1.54, 1.807) is 37.5 Å². The Morgan fingerprint density at radius 2 is 1.42 bits per heavy atom. The van der Waals surface area contributed by atoms with Crippen LogP contribution in [-0.2, 0) is 55.5 Å². The molecule has 2 aliphatic rings. The second kappa shape index (κ2) is 20.0. The van der Waals surface area contributed by atoms with Crippen molar-refractivity contribution in [3.8, 4) is 0 Å². The van der Waals surface area contributed by atoms with Crippen LogP contribution in [0.2, 0.25) is 0 Å². The van der Waals surface area contributed by atoms with E-state index in [-0.39, 0.29) is 29.1 Å². The zero-order chi connectivity index (χ0) is 43.6. The summed E-state index contributed by atoms with van der Waals surface area (Å²) in [6, 6.07) is 8.86. The Balaban J connectivity index is 1.69.